The summed E-state index contributed by atoms with van der Waals surface area (Å²) in [5.41, 5.74) is 1.71. The summed E-state index contributed by atoms with van der Waals surface area (Å²) in [4.78, 5) is 29.8. The molecule has 0 fully saturated rings. The maximum atomic E-state index is 11.6. The van der Waals surface area contributed by atoms with Crippen LogP contribution in [-0.2, 0) is 14.3 Å². The van der Waals surface area contributed by atoms with E-state index < -0.39 is 0 Å². The third-order valence-electron chi connectivity index (χ3n) is 2.34. The number of H-pyrrole nitrogens is 1. The number of aromatic amines is 1. The van der Waals surface area contributed by atoms with Crippen LogP contribution >= 0.6 is 11.8 Å². The van der Waals surface area contributed by atoms with Crippen molar-refractivity contribution in [2.75, 3.05) is 7.11 Å². The third kappa shape index (κ3) is 4.80. The van der Waals surface area contributed by atoms with Crippen LogP contribution < -0.4 is 0 Å². The fourth-order valence-corrected chi connectivity index (χ4v) is 2.17. The predicted molar refractivity (Wildman–Crippen MR) is 76.8 cm³/mol. The van der Waals surface area contributed by atoms with Crippen molar-refractivity contribution in [3.8, 4) is 0 Å². The van der Waals surface area contributed by atoms with Gasteiger partial charge in [-0.1, -0.05) is 12.1 Å². The molecule has 1 heterocycles. The number of nitrogens with zero attached hydrogens (tertiary/aromatic N) is 1. The van der Waals surface area contributed by atoms with Crippen LogP contribution in [-0.4, -0.2) is 65.9 Å². The molecule has 0 amide bonds. The van der Waals surface area contributed by atoms with Gasteiger partial charge < -0.3 is 9.72 Å². The molecule has 1 aromatic carbocycles. The summed E-state index contributed by atoms with van der Waals surface area (Å²) >= 11 is 1.01. The van der Waals surface area contributed by atoms with E-state index >= 15 is 0 Å². The molecule has 0 saturated carbocycles. The molecule has 98 valence electrons. The number of fused-ring (bicyclic) bond motifs is 1. The fraction of sp³-hybridized carbons (Fsp3) is 0.250. The number of para-hydroxylation sites is 2. The quantitative estimate of drug-likeness (QED) is 0.522. The Balaban J connectivity index is 0.00000180. The first-order valence-electron chi connectivity index (χ1n) is 5.41. The van der Waals surface area contributed by atoms with Gasteiger partial charge >= 0.3 is 43.7 Å². The SMILES string of the molecule is COC(=O)CCC(=O)Sc1nc2ccccc2[nH]1.[CaH2]. The zero-order valence-corrected chi connectivity index (χ0v) is 10.6. The molecule has 0 bridgehead atoms. The van der Waals surface area contributed by atoms with E-state index in [9.17, 15) is 9.59 Å². The number of thioether (sulfide) groups is 1. The number of hydrogen-bond acceptors (Lipinski definition) is 5. The molecule has 1 N–H and O–H groups in total. The first kappa shape index (κ1) is 16.5. The van der Waals surface area contributed by atoms with Gasteiger partial charge in [0.15, 0.2) is 10.3 Å². The molecule has 0 radical (unpaired) electrons. The summed E-state index contributed by atoms with van der Waals surface area (Å²) in [6.45, 7) is 0. The van der Waals surface area contributed by atoms with Gasteiger partial charge in [0, 0.05) is 6.42 Å². The molecule has 7 heteroatoms. The van der Waals surface area contributed by atoms with Crippen molar-refractivity contribution < 1.29 is 14.3 Å². The van der Waals surface area contributed by atoms with Crippen molar-refractivity contribution in [1.29, 1.82) is 0 Å². The topological polar surface area (TPSA) is 72.1 Å². The van der Waals surface area contributed by atoms with Crippen LogP contribution in [0.4, 0.5) is 0 Å². The van der Waals surface area contributed by atoms with Gasteiger partial charge in [-0.2, -0.15) is 0 Å². The summed E-state index contributed by atoms with van der Waals surface area (Å²) in [7, 11) is 1.30. The van der Waals surface area contributed by atoms with Crippen molar-refractivity contribution in [3.63, 3.8) is 0 Å². The Morgan fingerprint density at radius 2 is 2.05 bits per heavy atom. The van der Waals surface area contributed by atoms with E-state index in [1.165, 1.54) is 7.11 Å². The average molecular weight is 306 g/mol. The number of benzene rings is 1. The van der Waals surface area contributed by atoms with Gasteiger partial charge in [0.25, 0.3) is 0 Å². The molecule has 0 aliphatic carbocycles. The normalized spacial score (nSPS) is 9.95. The van der Waals surface area contributed by atoms with E-state index in [0.29, 0.717) is 5.16 Å². The molecule has 0 aliphatic rings. The number of methoxy groups -OCH3 is 1. The minimum absolute atomic E-state index is 0. The number of ether oxygens (including phenoxy) is 1. The number of carbonyl (C=O) groups excluding carboxylic acids is 2. The minimum atomic E-state index is -0.381. The van der Waals surface area contributed by atoms with Crippen LogP contribution in [0.25, 0.3) is 11.0 Å². The van der Waals surface area contributed by atoms with Gasteiger partial charge in [0.1, 0.15) is 0 Å². The first-order valence-corrected chi connectivity index (χ1v) is 6.23. The molecule has 2 rings (SSSR count). The monoisotopic (exact) mass is 306 g/mol. The number of rotatable bonds is 4. The van der Waals surface area contributed by atoms with Crippen molar-refractivity contribution >= 4 is 71.6 Å². The van der Waals surface area contributed by atoms with Crippen molar-refractivity contribution in [2.45, 2.75) is 18.0 Å². The van der Waals surface area contributed by atoms with Gasteiger partial charge in [0.05, 0.1) is 24.6 Å². The van der Waals surface area contributed by atoms with Crippen molar-refractivity contribution in [1.82, 2.24) is 9.97 Å². The Morgan fingerprint density at radius 3 is 2.74 bits per heavy atom. The van der Waals surface area contributed by atoms with Gasteiger partial charge in [-0.05, 0) is 23.9 Å². The number of nitrogens with one attached hydrogen (secondary N) is 1. The van der Waals surface area contributed by atoms with E-state index in [4.69, 9.17) is 0 Å². The summed E-state index contributed by atoms with van der Waals surface area (Å²) in [6.07, 6.45) is 0.247. The summed E-state index contributed by atoms with van der Waals surface area (Å²) < 4.78 is 4.47. The van der Waals surface area contributed by atoms with Crippen molar-refractivity contribution in [2.24, 2.45) is 0 Å². The number of carbonyl (C=O) groups is 2. The Kier molecular flexibility index (Phi) is 6.85. The fourth-order valence-electron chi connectivity index (χ4n) is 1.44. The second-order valence-corrected chi connectivity index (χ2v) is 4.66. The van der Waals surface area contributed by atoms with E-state index in [-0.39, 0.29) is 61.7 Å². The van der Waals surface area contributed by atoms with Gasteiger partial charge in [-0.15, -0.1) is 0 Å². The van der Waals surface area contributed by atoms with Crippen LogP contribution in [0.15, 0.2) is 29.4 Å². The maximum absolute atomic E-state index is 11.6. The summed E-state index contributed by atoms with van der Waals surface area (Å²) in [6, 6.07) is 7.55. The summed E-state index contributed by atoms with van der Waals surface area (Å²) in [5.74, 6) is -0.381. The second-order valence-electron chi connectivity index (χ2n) is 3.61. The zero-order valence-electron chi connectivity index (χ0n) is 9.80. The van der Waals surface area contributed by atoms with Crippen LogP contribution in [0.1, 0.15) is 12.8 Å². The molecule has 19 heavy (non-hydrogen) atoms. The Hall–Kier alpha value is -0.560. The van der Waals surface area contributed by atoms with E-state index in [2.05, 4.69) is 14.7 Å². The molecule has 2 aromatic rings. The molecule has 1 aromatic heterocycles. The van der Waals surface area contributed by atoms with Crippen molar-refractivity contribution in [3.05, 3.63) is 24.3 Å². The van der Waals surface area contributed by atoms with Crippen LogP contribution in [0.5, 0.6) is 0 Å². The molecule has 0 unspecified atom stereocenters. The van der Waals surface area contributed by atoms with Gasteiger partial charge in [-0.25, -0.2) is 4.98 Å². The standard InChI is InChI=1S/C12H12N2O3S.Ca.2H/c1-17-10(15)6-7-11(16)18-12-13-8-4-2-3-5-9(8)14-12;;;/h2-5H,6-7H2,1H3,(H,13,14);;;. The molecular weight excluding hydrogens is 292 g/mol. The molecule has 5 nitrogen and oxygen atoms in total. The molecule has 0 spiro atoms. The zero-order chi connectivity index (χ0) is 13.0. The van der Waals surface area contributed by atoms with E-state index in [1.54, 1.807) is 0 Å². The van der Waals surface area contributed by atoms with Gasteiger partial charge in [0.2, 0.25) is 0 Å². The van der Waals surface area contributed by atoms with Crippen LogP contribution in [0.2, 0.25) is 0 Å². The second kappa shape index (κ2) is 7.89. The average Bonchev–Trinajstić information content (AvgIpc) is 2.77. The van der Waals surface area contributed by atoms with Gasteiger partial charge in [-0.3, -0.25) is 9.59 Å². The molecule has 0 atom stereocenters. The first-order chi connectivity index (χ1) is 8.69. The number of aromatic nitrogens is 2. The summed E-state index contributed by atoms with van der Waals surface area (Å²) in [5, 5.41) is 0.436. The molecule has 0 aliphatic heterocycles. The number of imidazole rings is 1. The molecule has 0 saturated heterocycles. The van der Waals surface area contributed by atoms with Crippen LogP contribution in [0, 0.1) is 0 Å². The Morgan fingerprint density at radius 1 is 1.32 bits per heavy atom. The number of hydrogen-bond donors (Lipinski definition) is 1. The van der Waals surface area contributed by atoms with Crippen LogP contribution in [0.3, 0.4) is 0 Å². The molecular formula is C12H14CaN2O3S. The van der Waals surface area contributed by atoms with E-state index in [0.717, 1.165) is 22.8 Å². The predicted octanol–water partition coefficient (Wildman–Crippen LogP) is 1.22. The Bertz CT molecular complexity index is 552. The number of esters is 1. The van der Waals surface area contributed by atoms with E-state index in [1.807, 2.05) is 24.3 Å². The Labute approximate surface area is 144 Å². The third-order valence-corrected chi connectivity index (χ3v) is 3.16.